The SMILES string of the molecule is COCCN(CCOC)C(=O)c1cc(NC(C)=O)cc(C)c1OC(=O)c1ccc(C)cc1. The Morgan fingerprint density at radius 3 is 2.06 bits per heavy atom. The maximum absolute atomic E-state index is 13.4. The normalized spacial score (nSPS) is 10.5. The Hall–Kier alpha value is -3.23. The predicted octanol–water partition coefficient (Wildman–Crippen LogP) is 3.22. The van der Waals surface area contributed by atoms with Crippen LogP contribution in [-0.4, -0.2) is 63.2 Å². The number of rotatable bonds is 10. The van der Waals surface area contributed by atoms with Gasteiger partial charge in [0, 0.05) is 39.9 Å². The summed E-state index contributed by atoms with van der Waals surface area (Å²) in [6, 6.07) is 10.1. The van der Waals surface area contributed by atoms with Crippen molar-refractivity contribution in [3.8, 4) is 5.75 Å². The van der Waals surface area contributed by atoms with Crippen LogP contribution in [0.3, 0.4) is 0 Å². The molecule has 8 nitrogen and oxygen atoms in total. The van der Waals surface area contributed by atoms with Crippen LogP contribution >= 0.6 is 0 Å². The number of aryl methyl sites for hydroxylation is 2. The molecule has 0 fully saturated rings. The summed E-state index contributed by atoms with van der Waals surface area (Å²) in [4.78, 5) is 39.3. The first-order chi connectivity index (χ1) is 15.3. The van der Waals surface area contributed by atoms with Crippen LogP contribution in [-0.2, 0) is 14.3 Å². The largest absolute Gasteiger partial charge is 0.422 e. The van der Waals surface area contributed by atoms with Gasteiger partial charge in [0.15, 0.2) is 0 Å². The molecule has 2 aromatic carbocycles. The number of hydrogen-bond acceptors (Lipinski definition) is 6. The molecule has 172 valence electrons. The summed E-state index contributed by atoms with van der Waals surface area (Å²) in [6.07, 6.45) is 0. The fourth-order valence-electron chi connectivity index (χ4n) is 3.07. The summed E-state index contributed by atoms with van der Waals surface area (Å²) in [5.74, 6) is -1.06. The predicted molar refractivity (Wildman–Crippen MR) is 121 cm³/mol. The lowest BCUT2D eigenvalue weighted by atomic mass is 10.1. The maximum Gasteiger partial charge on any atom is 0.343 e. The molecule has 0 unspecified atom stereocenters. The number of carbonyl (C=O) groups excluding carboxylic acids is 3. The van der Waals surface area contributed by atoms with Crippen molar-refractivity contribution in [2.45, 2.75) is 20.8 Å². The minimum absolute atomic E-state index is 0.148. The Morgan fingerprint density at radius 1 is 0.938 bits per heavy atom. The molecule has 0 aliphatic rings. The average Bonchev–Trinajstić information content (AvgIpc) is 2.75. The van der Waals surface area contributed by atoms with Gasteiger partial charge in [-0.15, -0.1) is 0 Å². The van der Waals surface area contributed by atoms with E-state index >= 15 is 0 Å². The van der Waals surface area contributed by atoms with Crippen LogP contribution < -0.4 is 10.1 Å². The molecule has 0 bridgehead atoms. The minimum atomic E-state index is -0.574. The molecule has 0 saturated heterocycles. The van der Waals surface area contributed by atoms with Crippen molar-refractivity contribution in [2.75, 3.05) is 45.8 Å². The van der Waals surface area contributed by atoms with Crippen molar-refractivity contribution in [3.63, 3.8) is 0 Å². The number of nitrogens with zero attached hydrogens (tertiary/aromatic N) is 1. The third kappa shape index (κ3) is 6.90. The van der Waals surface area contributed by atoms with Gasteiger partial charge in [0.25, 0.3) is 5.91 Å². The molecule has 8 heteroatoms. The molecule has 1 N–H and O–H groups in total. The molecule has 32 heavy (non-hydrogen) atoms. The van der Waals surface area contributed by atoms with E-state index in [-0.39, 0.29) is 23.1 Å². The van der Waals surface area contributed by atoms with Crippen molar-refractivity contribution in [2.24, 2.45) is 0 Å². The summed E-state index contributed by atoms with van der Waals surface area (Å²) in [5, 5.41) is 2.69. The molecule has 2 amide bonds. The quantitative estimate of drug-likeness (QED) is 0.449. The lowest BCUT2D eigenvalue weighted by Gasteiger charge is -2.24. The van der Waals surface area contributed by atoms with Crippen LogP contribution in [0.4, 0.5) is 5.69 Å². The number of benzene rings is 2. The summed E-state index contributed by atoms with van der Waals surface area (Å²) < 4.78 is 15.9. The first kappa shape index (κ1) is 25.0. The third-order valence-corrected chi connectivity index (χ3v) is 4.73. The first-order valence-corrected chi connectivity index (χ1v) is 10.2. The van der Waals surface area contributed by atoms with Crippen LogP contribution in [0.1, 0.15) is 38.8 Å². The maximum atomic E-state index is 13.4. The molecule has 0 spiro atoms. The molecule has 0 radical (unpaired) electrons. The van der Waals surface area contributed by atoms with E-state index in [1.54, 1.807) is 44.2 Å². The number of anilines is 1. The van der Waals surface area contributed by atoms with E-state index in [2.05, 4.69) is 5.32 Å². The van der Waals surface area contributed by atoms with Gasteiger partial charge in [0.2, 0.25) is 5.91 Å². The highest BCUT2D eigenvalue weighted by atomic mass is 16.5. The van der Waals surface area contributed by atoms with Crippen molar-refractivity contribution >= 4 is 23.5 Å². The fraction of sp³-hybridized carbons (Fsp3) is 0.375. The van der Waals surface area contributed by atoms with E-state index in [0.717, 1.165) is 5.56 Å². The number of methoxy groups -OCH3 is 2. The highest BCUT2D eigenvalue weighted by Gasteiger charge is 2.24. The Bertz CT molecular complexity index is 948. The van der Waals surface area contributed by atoms with Crippen LogP contribution in [0.25, 0.3) is 0 Å². The van der Waals surface area contributed by atoms with Gasteiger partial charge in [0.1, 0.15) is 5.75 Å². The molecular formula is C24H30N2O6. The van der Waals surface area contributed by atoms with E-state index < -0.39 is 5.97 Å². The van der Waals surface area contributed by atoms with Gasteiger partial charge in [-0.2, -0.15) is 0 Å². The van der Waals surface area contributed by atoms with E-state index in [9.17, 15) is 14.4 Å². The summed E-state index contributed by atoms with van der Waals surface area (Å²) in [7, 11) is 3.10. The molecular weight excluding hydrogens is 412 g/mol. The number of amides is 2. The smallest absolute Gasteiger partial charge is 0.343 e. The van der Waals surface area contributed by atoms with Gasteiger partial charge in [-0.05, 0) is 43.7 Å². The van der Waals surface area contributed by atoms with Crippen molar-refractivity contribution in [3.05, 3.63) is 58.7 Å². The molecule has 0 aromatic heterocycles. The number of ether oxygens (including phenoxy) is 3. The van der Waals surface area contributed by atoms with Crippen LogP contribution in [0, 0.1) is 13.8 Å². The zero-order valence-corrected chi connectivity index (χ0v) is 19.2. The lowest BCUT2D eigenvalue weighted by Crippen LogP contribution is -2.37. The molecule has 0 saturated carbocycles. The summed E-state index contributed by atoms with van der Waals surface area (Å²) >= 11 is 0. The number of carbonyl (C=O) groups is 3. The van der Waals surface area contributed by atoms with Gasteiger partial charge >= 0.3 is 5.97 Å². The van der Waals surface area contributed by atoms with Gasteiger partial charge in [-0.1, -0.05) is 17.7 Å². The van der Waals surface area contributed by atoms with Crippen molar-refractivity contribution < 1.29 is 28.6 Å². The van der Waals surface area contributed by atoms with Crippen molar-refractivity contribution in [1.29, 1.82) is 0 Å². The second kappa shape index (κ2) is 12.0. The standard InChI is InChI=1S/C24H30N2O6/c1-16-6-8-19(9-7-16)24(29)32-22-17(2)14-20(25-18(3)27)15-21(22)23(28)26(10-12-30-4)11-13-31-5/h6-9,14-15H,10-13H2,1-5H3,(H,25,27). The van der Waals surface area contributed by atoms with E-state index in [1.165, 1.54) is 13.0 Å². The highest BCUT2D eigenvalue weighted by molar-refractivity contribution is 6.01. The average molecular weight is 443 g/mol. The monoisotopic (exact) mass is 442 g/mol. The second-order valence-electron chi connectivity index (χ2n) is 7.38. The second-order valence-corrected chi connectivity index (χ2v) is 7.38. The molecule has 2 rings (SSSR count). The van der Waals surface area contributed by atoms with Gasteiger partial charge in [-0.25, -0.2) is 4.79 Å². The molecule has 2 aromatic rings. The summed E-state index contributed by atoms with van der Waals surface area (Å²) in [5.41, 5.74) is 2.53. The Kier molecular flexibility index (Phi) is 9.37. The number of nitrogens with one attached hydrogen (secondary N) is 1. The van der Waals surface area contributed by atoms with Crippen LogP contribution in [0.5, 0.6) is 5.75 Å². The molecule has 0 aliphatic carbocycles. The molecule has 0 heterocycles. The van der Waals surface area contributed by atoms with Gasteiger partial charge < -0.3 is 24.4 Å². The van der Waals surface area contributed by atoms with Crippen LogP contribution in [0.2, 0.25) is 0 Å². The minimum Gasteiger partial charge on any atom is -0.422 e. The highest BCUT2D eigenvalue weighted by Crippen LogP contribution is 2.30. The Balaban J connectivity index is 2.47. The number of hydrogen-bond donors (Lipinski definition) is 1. The summed E-state index contributed by atoms with van der Waals surface area (Å²) in [6.45, 7) is 6.34. The molecule has 0 aliphatic heterocycles. The molecule has 0 atom stereocenters. The van der Waals surface area contributed by atoms with Gasteiger partial charge in [-0.3, -0.25) is 9.59 Å². The fourth-order valence-corrected chi connectivity index (χ4v) is 3.07. The first-order valence-electron chi connectivity index (χ1n) is 10.2. The zero-order chi connectivity index (χ0) is 23.7. The van der Waals surface area contributed by atoms with Crippen LogP contribution in [0.15, 0.2) is 36.4 Å². The zero-order valence-electron chi connectivity index (χ0n) is 19.2. The van der Waals surface area contributed by atoms with E-state index in [0.29, 0.717) is 43.1 Å². The van der Waals surface area contributed by atoms with Gasteiger partial charge in [0.05, 0.1) is 24.3 Å². The Morgan fingerprint density at radius 2 is 1.53 bits per heavy atom. The lowest BCUT2D eigenvalue weighted by molar-refractivity contribution is -0.114. The topological polar surface area (TPSA) is 94.2 Å². The van der Waals surface area contributed by atoms with E-state index in [1.807, 2.05) is 19.1 Å². The van der Waals surface area contributed by atoms with E-state index in [4.69, 9.17) is 14.2 Å². The third-order valence-electron chi connectivity index (χ3n) is 4.73. The van der Waals surface area contributed by atoms with Crippen molar-refractivity contribution in [1.82, 2.24) is 4.90 Å². The number of esters is 1. The Labute approximate surface area is 188 Å².